The van der Waals surface area contributed by atoms with Gasteiger partial charge in [-0.15, -0.1) is 11.3 Å². The Hall–Kier alpha value is -1.20. The lowest BCUT2D eigenvalue weighted by Gasteiger charge is -2.32. The van der Waals surface area contributed by atoms with Crippen LogP contribution in [0.2, 0.25) is 0 Å². The summed E-state index contributed by atoms with van der Waals surface area (Å²) >= 11 is 1.87. The van der Waals surface area contributed by atoms with Crippen LogP contribution in [-0.2, 0) is 19.4 Å². The van der Waals surface area contributed by atoms with E-state index in [4.69, 9.17) is 4.52 Å². The van der Waals surface area contributed by atoms with Crippen molar-refractivity contribution >= 4 is 11.3 Å². The van der Waals surface area contributed by atoms with Gasteiger partial charge in [-0.1, -0.05) is 12.1 Å². The number of aryl methyl sites for hydroxylation is 1. The SMILES string of the molecule is CCc1noc(CN2CCc3sccc3C2C)n1. The summed E-state index contributed by atoms with van der Waals surface area (Å²) in [5, 5.41) is 6.14. The first-order valence-electron chi connectivity index (χ1n) is 6.39. The predicted molar refractivity (Wildman–Crippen MR) is 70.5 cm³/mol. The molecular formula is C13H17N3OS. The molecule has 2 aromatic heterocycles. The van der Waals surface area contributed by atoms with Gasteiger partial charge in [0.2, 0.25) is 5.89 Å². The second-order valence-electron chi connectivity index (χ2n) is 4.65. The molecule has 3 rings (SSSR count). The van der Waals surface area contributed by atoms with Crippen molar-refractivity contribution in [2.24, 2.45) is 0 Å². The molecule has 1 atom stereocenters. The zero-order valence-electron chi connectivity index (χ0n) is 10.7. The first kappa shape index (κ1) is 11.9. The van der Waals surface area contributed by atoms with Gasteiger partial charge in [0.1, 0.15) is 0 Å². The van der Waals surface area contributed by atoms with Crippen molar-refractivity contribution in [2.45, 2.75) is 39.3 Å². The van der Waals surface area contributed by atoms with E-state index in [2.05, 4.69) is 33.4 Å². The Balaban J connectivity index is 1.74. The van der Waals surface area contributed by atoms with E-state index in [9.17, 15) is 0 Å². The van der Waals surface area contributed by atoms with Gasteiger partial charge in [-0.05, 0) is 30.4 Å². The Morgan fingerprint density at radius 3 is 3.22 bits per heavy atom. The van der Waals surface area contributed by atoms with Crippen LogP contribution in [0.1, 0.15) is 42.0 Å². The quantitative estimate of drug-likeness (QED) is 0.854. The van der Waals surface area contributed by atoms with Crippen molar-refractivity contribution < 1.29 is 4.52 Å². The molecule has 3 heterocycles. The summed E-state index contributed by atoms with van der Waals surface area (Å²) in [5.74, 6) is 1.53. The number of nitrogens with zero attached hydrogens (tertiary/aromatic N) is 3. The summed E-state index contributed by atoms with van der Waals surface area (Å²) in [6.07, 6.45) is 1.96. The molecule has 0 saturated carbocycles. The molecule has 0 bridgehead atoms. The maximum atomic E-state index is 5.28. The van der Waals surface area contributed by atoms with Crippen LogP contribution in [0.4, 0.5) is 0 Å². The van der Waals surface area contributed by atoms with Crippen molar-refractivity contribution in [1.29, 1.82) is 0 Å². The molecule has 18 heavy (non-hydrogen) atoms. The minimum absolute atomic E-state index is 0.442. The largest absolute Gasteiger partial charge is 0.338 e. The molecule has 0 radical (unpaired) electrons. The lowest BCUT2D eigenvalue weighted by Crippen LogP contribution is -2.32. The summed E-state index contributed by atoms with van der Waals surface area (Å²) in [6, 6.07) is 2.68. The number of rotatable bonds is 3. The Labute approximate surface area is 111 Å². The molecule has 1 unspecified atom stereocenters. The van der Waals surface area contributed by atoms with Crippen LogP contribution in [-0.4, -0.2) is 21.6 Å². The molecular weight excluding hydrogens is 246 g/mol. The minimum Gasteiger partial charge on any atom is -0.338 e. The summed E-state index contributed by atoms with van der Waals surface area (Å²) in [5.41, 5.74) is 1.46. The maximum absolute atomic E-state index is 5.28. The van der Waals surface area contributed by atoms with Gasteiger partial charge in [0.15, 0.2) is 5.82 Å². The van der Waals surface area contributed by atoms with Gasteiger partial charge in [0.05, 0.1) is 6.54 Å². The highest BCUT2D eigenvalue weighted by molar-refractivity contribution is 7.10. The van der Waals surface area contributed by atoms with Gasteiger partial charge >= 0.3 is 0 Å². The molecule has 4 nitrogen and oxygen atoms in total. The fourth-order valence-electron chi connectivity index (χ4n) is 2.45. The monoisotopic (exact) mass is 263 g/mol. The summed E-state index contributed by atoms with van der Waals surface area (Å²) in [4.78, 5) is 8.32. The molecule has 0 saturated heterocycles. The van der Waals surface area contributed by atoms with E-state index >= 15 is 0 Å². The van der Waals surface area contributed by atoms with Crippen LogP contribution in [0.25, 0.3) is 0 Å². The van der Waals surface area contributed by atoms with Gasteiger partial charge in [-0.2, -0.15) is 4.98 Å². The Bertz CT molecular complexity index is 534. The molecule has 5 heteroatoms. The summed E-state index contributed by atoms with van der Waals surface area (Å²) in [6.45, 7) is 6.11. The third-order valence-electron chi connectivity index (χ3n) is 3.57. The smallest absolute Gasteiger partial charge is 0.240 e. The van der Waals surface area contributed by atoms with Gasteiger partial charge in [-0.3, -0.25) is 4.90 Å². The van der Waals surface area contributed by atoms with Gasteiger partial charge in [0.25, 0.3) is 0 Å². The normalized spacial score (nSPS) is 20.0. The lowest BCUT2D eigenvalue weighted by atomic mass is 10.0. The number of aromatic nitrogens is 2. The van der Waals surface area contributed by atoms with Crippen molar-refractivity contribution in [3.63, 3.8) is 0 Å². The number of thiophene rings is 1. The fraction of sp³-hybridized carbons (Fsp3) is 0.538. The van der Waals surface area contributed by atoms with Gasteiger partial charge in [-0.25, -0.2) is 0 Å². The van der Waals surface area contributed by atoms with E-state index in [-0.39, 0.29) is 0 Å². The zero-order valence-corrected chi connectivity index (χ0v) is 11.5. The molecule has 0 spiro atoms. The average Bonchev–Trinajstić information content (AvgIpc) is 3.01. The molecule has 1 aliphatic heterocycles. The van der Waals surface area contributed by atoms with Crippen LogP contribution < -0.4 is 0 Å². The first-order chi connectivity index (χ1) is 8.78. The van der Waals surface area contributed by atoms with E-state index in [1.807, 2.05) is 18.3 Å². The standard InChI is InChI=1S/C13H17N3OS/c1-3-12-14-13(17-15-12)8-16-6-4-11-10(9(16)2)5-7-18-11/h5,7,9H,3-4,6,8H2,1-2H3. The minimum atomic E-state index is 0.442. The Morgan fingerprint density at radius 1 is 1.56 bits per heavy atom. The lowest BCUT2D eigenvalue weighted by molar-refractivity contribution is 0.167. The number of hydrogen-bond donors (Lipinski definition) is 0. The van der Waals surface area contributed by atoms with Crippen molar-refractivity contribution in [3.8, 4) is 0 Å². The molecule has 1 aliphatic rings. The second-order valence-corrected chi connectivity index (χ2v) is 5.65. The van der Waals surface area contributed by atoms with Gasteiger partial charge in [0, 0.05) is 23.9 Å². The van der Waals surface area contributed by atoms with Crippen LogP contribution in [0, 0.1) is 0 Å². The molecule has 96 valence electrons. The summed E-state index contributed by atoms with van der Waals surface area (Å²) in [7, 11) is 0. The highest BCUT2D eigenvalue weighted by Crippen LogP contribution is 2.33. The Morgan fingerprint density at radius 2 is 2.44 bits per heavy atom. The average molecular weight is 263 g/mol. The third-order valence-corrected chi connectivity index (χ3v) is 4.57. The Kier molecular flexibility index (Phi) is 3.18. The third kappa shape index (κ3) is 2.08. The summed E-state index contributed by atoms with van der Waals surface area (Å²) < 4.78 is 5.28. The molecule has 2 aromatic rings. The first-order valence-corrected chi connectivity index (χ1v) is 7.27. The van der Waals surface area contributed by atoms with Crippen LogP contribution in [0.15, 0.2) is 16.0 Å². The van der Waals surface area contributed by atoms with Crippen LogP contribution >= 0.6 is 11.3 Å². The van der Waals surface area contributed by atoms with Crippen molar-refractivity contribution in [2.75, 3.05) is 6.54 Å². The van der Waals surface area contributed by atoms with Crippen molar-refractivity contribution in [3.05, 3.63) is 33.6 Å². The van der Waals surface area contributed by atoms with E-state index in [0.29, 0.717) is 6.04 Å². The highest BCUT2D eigenvalue weighted by atomic mass is 32.1. The van der Waals surface area contributed by atoms with E-state index in [1.165, 1.54) is 10.4 Å². The molecule has 0 aromatic carbocycles. The molecule has 0 fully saturated rings. The molecule has 0 N–H and O–H groups in total. The zero-order chi connectivity index (χ0) is 12.5. The maximum Gasteiger partial charge on any atom is 0.240 e. The van der Waals surface area contributed by atoms with E-state index in [1.54, 1.807) is 0 Å². The van der Waals surface area contributed by atoms with E-state index < -0.39 is 0 Å². The molecule has 0 amide bonds. The van der Waals surface area contributed by atoms with Crippen LogP contribution in [0.5, 0.6) is 0 Å². The fourth-order valence-corrected chi connectivity index (χ4v) is 3.41. The second kappa shape index (κ2) is 4.82. The van der Waals surface area contributed by atoms with Crippen LogP contribution in [0.3, 0.4) is 0 Å². The molecule has 0 aliphatic carbocycles. The topological polar surface area (TPSA) is 42.2 Å². The van der Waals surface area contributed by atoms with E-state index in [0.717, 1.165) is 37.6 Å². The number of hydrogen-bond acceptors (Lipinski definition) is 5. The highest BCUT2D eigenvalue weighted by Gasteiger charge is 2.25. The number of fused-ring (bicyclic) bond motifs is 1. The van der Waals surface area contributed by atoms with Crippen molar-refractivity contribution in [1.82, 2.24) is 15.0 Å². The predicted octanol–water partition coefficient (Wildman–Crippen LogP) is 2.81. The van der Waals surface area contributed by atoms with Gasteiger partial charge < -0.3 is 4.52 Å².